The first-order valence-electron chi connectivity index (χ1n) is 7.95. The van der Waals surface area contributed by atoms with E-state index in [1.165, 1.54) is 5.56 Å². The van der Waals surface area contributed by atoms with Crippen molar-refractivity contribution in [3.63, 3.8) is 0 Å². The standard InChI is InChI=1S/C21H19NO2/c23-21(22-18-11-5-2-6-12-18)19-13-7-8-14-20(19)24-16-15-17-9-3-1-4-10-17/h1-14H,15-16H2,(H,22,23). The molecule has 0 saturated carbocycles. The van der Waals surface area contributed by atoms with Gasteiger partial charge in [-0.15, -0.1) is 0 Å². The van der Waals surface area contributed by atoms with E-state index in [2.05, 4.69) is 17.4 Å². The summed E-state index contributed by atoms with van der Waals surface area (Å²) in [6, 6.07) is 26.9. The summed E-state index contributed by atoms with van der Waals surface area (Å²) in [7, 11) is 0. The van der Waals surface area contributed by atoms with Crippen molar-refractivity contribution in [2.24, 2.45) is 0 Å². The summed E-state index contributed by atoms with van der Waals surface area (Å²) in [4.78, 5) is 12.5. The van der Waals surface area contributed by atoms with Gasteiger partial charge in [0.05, 0.1) is 12.2 Å². The molecule has 24 heavy (non-hydrogen) atoms. The molecule has 1 amide bonds. The predicted molar refractivity (Wildman–Crippen MR) is 96.5 cm³/mol. The number of ether oxygens (including phenoxy) is 1. The van der Waals surface area contributed by atoms with Crippen LogP contribution < -0.4 is 10.1 Å². The monoisotopic (exact) mass is 317 g/mol. The van der Waals surface area contributed by atoms with Crippen molar-refractivity contribution in [2.75, 3.05) is 11.9 Å². The van der Waals surface area contributed by atoms with Gasteiger partial charge in [-0.05, 0) is 29.8 Å². The van der Waals surface area contributed by atoms with Crippen molar-refractivity contribution in [3.05, 3.63) is 96.1 Å². The van der Waals surface area contributed by atoms with Crippen LogP contribution in [0.15, 0.2) is 84.9 Å². The molecule has 0 radical (unpaired) electrons. The molecule has 3 aromatic carbocycles. The van der Waals surface area contributed by atoms with Gasteiger partial charge in [0.2, 0.25) is 0 Å². The average molecular weight is 317 g/mol. The third kappa shape index (κ3) is 4.23. The van der Waals surface area contributed by atoms with Crippen LogP contribution in [0.4, 0.5) is 5.69 Å². The fourth-order valence-electron chi connectivity index (χ4n) is 2.42. The van der Waals surface area contributed by atoms with Crippen LogP contribution in [0.3, 0.4) is 0 Å². The molecule has 0 spiro atoms. The Kier molecular flexibility index (Phi) is 5.25. The second-order valence-corrected chi connectivity index (χ2v) is 5.40. The molecule has 120 valence electrons. The lowest BCUT2D eigenvalue weighted by Gasteiger charge is -2.12. The molecule has 0 bridgehead atoms. The van der Waals surface area contributed by atoms with Crippen LogP contribution in [-0.2, 0) is 6.42 Å². The van der Waals surface area contributed by atoms with Crippen LogP contribution in [0.25, 0.3) is 0 Å². The van der Waals surface area contributed by atoms with E-state index in [0.717, 1.165) is 12.1 Å². The minimum Gasteiger partial charge on any atom is -0.492 e. The SMILES string of the molecule is O=C(Nc1ccccc1)c1ccccc1OCCc1ccccc1. The van der Waals surface area contributed by atoms with Crippen LogP contribution in [0.1, 0.15) is 15.9 Å². The zero-order valence-corrected chi connectivity index (χ0v) is 13.3. The maximum Gasteiger partial charge on any atom is 0.259 e. The lowest BCUT2D eigenvalue weighted by molar-refractivity contribution is 0.102. The molecule has 3 aromatic rings. The first kappa shape index (κ1) is 15.8. The molecular formula is C21H19NO2. The van der Waals surface area contributed by atoms with Gasteiger partial charge in [-0.3, -0.25) is 4.79 Å². The van der Waals surface area contributed by atoms with E-state index in [1.807, 2.05) is 66.7 Å². The largest absolute Gasteiger partial charge is 0.492 e. The van der Waals surface area contributed by atoms with E-state index in [-0.39, 0.29) is 5.91 Å². The molecule has 0 aliphatic heterocycles. The zero-order chi connectivity index (χ0) is 16.6. The fraction of sp³-hybridized carbons (Fsp3) is 0.0952. The van der Waals surface area contributed by atoms with Crippen LogP contribution in [0.2, 0.25) is 0 Å². The Labute approximate surface area is 141 Å². The Morgan fingerprint density at radius 3 is 2.17 bits per heavy atom. The highest BCUT2D eigenvalue weighted by atomic mass is 16.5. The predicted octanol–water partition coefficient (Wildman–Crippen LogP) is 4.56. The highest BCUT2D eigenvalue weighted by Gasteiger charge is 2.12. The van der Waals surface area contributed by atoms with E-state index in [4.69, 9.17) is 4.74 Å². The number of benzene rings is 3. The average Bonchev–Trinajstić information content (AvgIpc) is 2.64. The number of rotatable bonds is 6. The van der Waals surface area contributed by atoms with Gasteiger partial charge in [0.1, 0.15) is 5.75 Å². The number of nitrogens with one attached hydrogen (secondary N) is 1. The lowest BCUT2D eigenvalue weighted by atomic mass is 10.1. The van der Waals surface area contributed by atoms with Crippen LogP contribution in [-0.4, -0.2) is 12.5 Å². The topological polar surface area (TPSA) is 38.3 Å². The Hall–Kier alpha value is -3.07. The van der Waals surface area contributed by atoms with Crippen molar-refractivity contribution in [2.45, 2.75) is 6.42 Å². The van der Waals surface area contributed by atoms with Crippen LogP contribution >= 0.6 is 0 Å². The lowest BCUT2D eigenvalue weighted by Crippen LogP contribution is -2.14. The van der Waals surface area contributed by atoms with Crippen molar-refractivity contribution >= 4 is 11.6 Å². The van der Waals surface area contributed by atoms with Gasteiger partial charge in [0.25, 0.3) is 5.91 Å². The number of hydrogen-bond donors (Lipinski definition) is 1. The Bertz CT molecular complexity index is 785. The maximum atomic E-state index is 12.5. The third-order valence-electron chi connectivity index (χ3n) is 3.65. The van der Waals surface area contributed by atoms with Gasteiger partial charge in [-0.1, -0.05) is 60.7 Å². The molecule has 0 heterocycles. The molecule has 1 N–H and O–H groups in total. The van der Waals surface area contributed by atoms with Crippen molar-refractivity contribution in [1.29, 1.82) is 0 Å². The van der Waals surface area contributed by atoms with E-state index in [1.54, 1.807) is 6.07 Å². The quantitative estimate of drug-likeness (QED) is 0.724. The molecule has 0 fully saturated rings. The Morgan fingerprint density at radius 1 is 0.792 bits per heavy atom. The molecule has 0 aliphatic rings. The number of anilines is 1. The first-order chi connectivity index (χ1) is 11.8. The number of amides is 1. The summed E-state index contributed by atoms with van der Waals surface area (Å²) in [5, 5.41) is 2.89. The molecule has 0 atom stereocenters. The number of para-hydroxylation sites is 2. The van der Waals surface area contributed by atoms with Gasteiger partial charge >= 0.3 is 0 Å². The number of carbonyl (C=O) groups is 1. The summed E-state index contributed by atoms with van der Waals surface area (Å²) in [6.07, 6.45) is 0.801. The summed E-state index contributed by atoms with van der Waals surface area (Å²) in [5.41, 5.74) is 2.51. The van der Waals surface area contributed by atoms with Crippen LogP contribution in [0.5, 0.6) is 5.75 Å². The second-order valence-electron chi connectivity index (χ2n) is 5.40. The van der Waals surface area contributed by atoms with Gasteiger partial charge in [-0.25, -0.2) is 0 Å². The molecule has 3 nitrogen and oxygen atoms in total. The molecule has 0 aliphatic carbocycles. The summed E-state index contributed by atoms with van der Waals surface area (Å²) in [5.74, 6) is 0.429. The van der Waals surface area contributed by atoms with Crippen molar-refractivity contribution in [3.8, 4) is 5.75 Å². The summed E-state index contributed by atoms with van der Waals surface area (Å²) < 4.78 is 5.84. The van der Waals surface area contributed by atoms with E-state index in [0.29, 0.717) is 17.9 Å². The second kappa shape index (κ2) is 7.97. The van der Waals surface area contributed by atoms with Gasteiger partial charge in [0, 0.05) is 12.1 Å². The normalized spacial score (nSPS) is 10.2. The van der Waals surface area contributed by atoms with Gasteiger partial charge in [-0.2, -0.15) is 0 Å². The molecule has 0 aromatic heterocycles. The number of carbonyl (C=O) groups excluding carboxylic acids is 1. The van der Waals surface area contributed by atoms with Crippen molar-refractivity contribution in [1.82, 2.24) is 0 Å². The highest BCUT2D eigenvalue weighted by molar-refractivity contribution is 6.06. The Balaban J connectivity index is 1.65. The molecule has 3 heteroatoms. The zero-order valence-electron chi connectivity index (χ0n) is 13.3. The maximum absolute atomic E-state index is 12.5. The van der Waals surface area contributed by atoms with E-state index in [9.17, 15) is 4.79 Å². The molecular weight excluding hydrogens is 298 g/mol. The molecule has 3 rings (SSSR count). The molecule has 0 unspecified atom stereocenters. The summed E-state index contributed by atoms with van der Waals surface area (Å²) in [6.45, 7) is 0.527. The van der Waals surface area contributed by atoms with Crippen LogP contribution in [0, 0.1) is 0 Å². The summed E-state index contributed by atoms with van der Waals surface area (Å²) >= 11 is 0. The van der Waals surface area contributed by atoms with Gasteiger partial charge < -0.3 is 10.1 Å². The minimum absolute atomic E-state index is 0.170. The smallest absolute Gasteiger partial charge is 0.259 e. The van der Waals surface area contributed by atoms with E-state index < -0.39 is 0 Å². The minimum atomic E-state index is -0.170. The van der Waals surface area contributed by atoms with Crippen molar-refractivity contribution < 1.29 is 9.53 Å². The first-order valence-corrected chi connectivity index (χ1v) is 7.95. The highest BCUT2D eigenvalue weighted by Crippen LogP contribution is 2.20. The van der Waals surface area contributed by atoms with Gasteiger partial charge in [0.15, 0.2) is 0 Å². The van der Waals surface area contributed by atoms with E-state index >= 15 is 0 Å². The Morgan fingerprint density at radius 2 is 1.42 bits per heavy atom. The molecule has 0 saturated heterocycles. The number of hydrogen-bond acceptors (Lipinski definition) is 2. The fourth-order valence-corrected chi connectivity index (χ4v) is 2.42. The third-order valence-corrected chi connectivity index (χ3v) is 3.65.